The summed E-state index contributed by atoms with van der Waals surface area (Å²) in [5.41, 5.74) is 1.48. The predicted octanol–water partition coefficient (Wildman–Crippen LogP) is 3.86. The van der Waals surface area contributed by atoms with Crippen LogP contribution in [0.1, 0.15) is 33.1 Å². The van der Waals surface area contributed by atoms with E-state index >= 15 is 0 Å². The molecule has 6 heteroatoms. The number of nitrogens with zero attached hydrogens (tertiary/aromatic N) is 2. The van der Waals surface area contributed by atoms with Gasteiger partial charge in [-0.15, -0.1) is 0 Å². The molecule has 0 bridgehead atoms. The third kappa shape index (κ3) is 4.10. The summed E-state index contributed by atoms with van der Waals surface area (Å²) < 4.78 is 0. The largest absolute Gasteiger partial charge is 0.331 e. The molecule has 1 aliphatic heterocycles. The summed E-state index contributed by atoms with van der Waals surface area (Å²) in [7, 11) is 0. The van der Waals surface area contributed by atoms with Crippen molar-refractivity contribution in [2.75, 3.05) is 11.9 Å². The number of nitrogens with one attached hydrogen (secondary N) is 1. The number of amides is 2. The second-order valence-corrected chi connectivity index (χ2v) is 7.26. The number of carbonyl (C=O) groups is 2. The van der Waals surface area contributed by atoms with Crippen molar-refractivity contribution >= 4 is 40.0 Å². The first-order chi connectivity index (χ1) is 11.9. The molecule has 0 saturated carbocycles. The molecular weight excluding hydrogens is 338 g/mol. The normalized spacial score (nSPS) is 17.3. The molecule has 2 aromatic rings. The lowest BCUT2D eigenvalue weighted by Gasteiger charge is -2.24. The van der Waals surface area contributed by atoms with Crippen LogP contribution in [0.5, 0.6) is 0 Å². The molecule has 1 saturated heterocycles. The minimum Gasteiger partial charge on any atom is -0.331 e. The molecule has 0 unspecified atom stereocenters. The van der Waals surface area contributed by atoms with Crippen LogP contribution in [-0.4, -0.2) is 34.3 Å². The summed E-state index contributed by atoms with van der Waals surface area (Å²) in [4.78, 5) is 31.0. The minimum absolute atomic E-state index is 0.0602. The molecule has 0 aliphatic carbocycles. The third-order valence-corrected chi connectivity index (χ3v) is 4.59. The first-order valence-corrected chi connectivity index (χ1v) is 8.98. The van der Waals surface area contributed by atoms with Crippen LogP contribution in [0.2, 0.25) is 5.15 Å². The molecular formula is C19H22ClN3O2. The average molecular weight is 360 g/mol. The number of fused-ring (bicyclic) bond motifs is 1. The molecule has 1 fully saturated rings. The Hall–Kier alpha value is -2.14. The Balaban J connectivity index is 1.72. The van der Waals surface area contributed by atoms with Gasteiger partial charge >= 0.3 is 0 Å². The Morgan fingerprint density at radius 3 is 2.88 bits per heavy atom. The summed E-state index contributed by atoms with van der Waals surface area (Å²) in [6, 6.07) is 8.70. The topological polar surface area (TPSA) is 62.3 Å². The van der Waals surface area contributed by atoms with Crippen molar-refractivity contribution < 1.29 is 9.59 Å². The monoisotopic (exact) mass is 359 g/mol. The number of likely N-dealkylation sites (tertiary alicyclic amines) is 1. The standard InChI is InChI=1S/C19H22ClN3O2/c1-12(2)10-18(24)23-9-3-4-16(23)19(25)21-14-6-7-15-13(11-14)5-8-17(20)22-15/h5-8,11-12,16H,3-4,9-10H2,1-2H3,(H,21,25)/t16-/m0/s1. The maximum absolute atomic E-state index is 12.7. The smallest absolute Gasteiger partial charge is 0.247 e. The number of carbonyl (C=O) groups excluding carboxylic acids is 2. The van der Waals surface area contributed by atoms with E-state index in [1.165, 1.54) is 0 Å². The van der Waals surface area contributed by atoms with Gasteiger partial charge in [-0.1, -0.05) is 25.4 Å². The first-order valence-electron chi connectivity index (χ1n) is 8.60. The quantitative estimate of drug-likeness (QED) is 0.843. The SMILES string of the molecule is CC(C)CC(=O)N1CCC[C@H]1C(=O)Nc1ccc2nc(Cl)ccc2c1. The Bertz CT molecular complexity index is 806. The fourth-order valence-electron chi connectivity index (χ4n) is 3.21. The van der Waals surface area contributed by atoms with Crippen molar-refractivity contribution in [3.8, 4) is 0 Å². The number of aromatic nitrogens is 1. The van der Waals surface area contributed by atoms with E-state index in [9.17, 15) is 9.59 Å². The lowest BCUT2D eigenvalue weighted by Crippen LogP contribution is -2.43. The highest BCUT2D eigenvalue weighted by atomic mass is 35.5. The van der Waals surface area contributed by atoms with Crippen LogP contribution in [0, 0.1) is 5.92 Å². The van der Waals surface area contributed by atoms with Crippen LogP contribution in [0.3, 0.4) is 0 Å². The zero-order valence-corrected chi connectivity index (χ0v) is 15.2. The van der Waals surface area contributed by atoms with Gasteiger partial charge in [-0.3, -0.25) is 9.59 Å². The highest BCUT2D eigenvalue weighted by Gasteiger charge is 2.34. The first kappa shape index (κ1) is 17.7. The molecule has 3 rings (SSSR count). The van der Waals surface area contributed by atoms with E-state index in [1.54, 1.807) is 17.0 Å². The maximum Gasteiger partial charge on any atom is 0.247 e. The van der Waals surface area contributed by atoms with E-state index in [2.05, 4.69) is 10.3 Å². The van der Waals surface area contributed by atoms with Crippen molar-refractivity contribution in [2.24, 2.45) is 5.92 Å². The van der Waals surface area contributed by atoms with Crippen molar-refractivity contribution in [1.82, 2.24) is 9.88 Å². The van der Waals surface area contributed by atoms with Gasteiger partial charge < -0.3 is 10.2 Å². The predicted molar refractivity (Wildman–Crippen MR) is 99.6 cm³/mol. The lowest BCUT2D eigenvalue weighted by molar-refractivity contribution is -0.137. The van der Waals surface area contributed by atoms with E-state index in [-0.39, 0.29) is 23.8 Å². The summed E-state index contributed by atoms with van der Waals surface area (Å²) in [5.74, 6) is 0.220. The fraction of sp³-hybridized carbons (Fsp3) is 0.421. The fourth-order valence-corrected chi connectivity index (χ4v) is 3.36. The van der Waals surface area contributed by atoms with Gasteiger partial charge in [-0.05, 0) is 49.1 Å². The summed E-state index contributed by atoms with van der Waals surface area (Å²) >= 11 is 5.89. The second kappa shape index (κ2) is 7.40. The Morgan fingerprint density at radius 2 is 2.12 bits per heavy atom. The Kier molecular flexibility index (Phi) is 5.23. The van der Waals surface area contributed by atoms with Crippen molar-refractivity contribution in [3.63, 3.8) is 0 Å². The van der Waals surface area contributed by atoms with Crippen molar-refractivity contribution in [2.45, 2.75) is 39.2 Å². The number of pyridine rings is 1. The summed E-state index contributed by atoms with van der Waals surface area (Å²) in [6.45, 7) is 4.68. The number of anilines is 1. The van der Waals surface area contributed by atoms with E-state index in [4.69, 9.17) is 11.6 Å². The van der Waals surface area contributed by atoms with Gasteiger partial charge in [0.05, 0.1) is 5.52 Å². The molecule has 2 amide bonds. The lowest BCUT2D eigenvalue weighted by atomic mass is 10.1. The molecule has 132 valence electrons. The van der Waals surface area contributed by atoms with Gasteiger partial charge in [0.25, 0.3) is 0 Å². The highest BCUT2D eigenvalue weighted by molar-refractivity contribution is 6.29. The number of benzene rings is 1. The molecule has 1 aromatic carbocycles. The van der Waals surface area contributed by atoms with Crippen LogP contribution >= 0.6 is 11.6 Å². The van der Waals surface area contributed by atoms with Gasteiger partial charge in [0.1, 0.15) is 11.2 Å². The maximum atomic E-state index is 12.7. The third-order valence-electron chi connectivity index (χ3n) is 4.38. The summed E-state index contributed by atoms with van der Waals surface area (Å²) in [5, 5.41) is 4.28. The van der Waals surface area contributed by atoms with Crippen molar-refractivity contribution in [3.05, 3.63) is 35.5 Å². The molecule has 5 nitrogen and oxygen atoms in total. The van der Waals surface area contributed by atoms with Crippen LogP contribution in [0.25, 0.3) is 10.9 Å². The molecule has 25 heavy (non-hydrogen) atoms. The zero-order chi connectivity index (χ0) is 18.0. The number of halogens is 1. The molecule has 2 heterocycles. The molecule has 1 aliphatic rings. The number of rotatable bonds is 4. The van der Waals surface area contributed by atoms with Gasteiger partial charge in [-0.25, -0.2) is 4.98 Å². The average Bonchev–Trinajstić information content (AvgIpc) is 3.04. The van der Waals surface area contributed by atoms with Gasteiger partial charge in [0.2, 0.25) is 11.8 Å². The van der Waals surface area contributed by atoms with Crippen molar-refractivity contribution in [1.29, 1.82) is 0 Å². The van der Waals surface area contributed by atoms with Crippen LogP contribution in [0.4, 0.5) is 5.69 Å². The molecule has 1 N–H and O–H groups in total. The highest BCUT2D eigenvalue weighted by Crippen LogP contribution is 2.23. The second-order valence-electron chi connectivity index (χ2n) is 6.87. The molecule has 1 aromatic heterocycles. The van der Waals surface area contributed by atoms with Gasteiger partial charge in [0, 0.05) is 24.0 Å². The molecule has 0 radical (unpaired) electrons. The van der Waals surface area contributed by atoms with E-state index in [1.807, 2.05) is 32.0 Å². The van der Waals surface area contributed by atoms with E-state index in [0.29, 0.717) is 30.2 Å². The molecule has 1 atom stereocenters. The van der Waals surface area contributed by atoms with Crippen LogP contribution < -0.4 is 5.32 Å². The van der Waals surface area contributed by atoms with Crippen LogP contribution in [0.15, 0.2) is 30.3 Å². The van der Waals surface area contributed by atoms with Gasteiger partial charge in [0.15, 0.2) is 0 Å². The minimum atomic E-state index is -0.384. The van der Waals surface area contributed by atoms with Gasteiger partial charge in [-0.2, -0.15) is 0 Å². The Labute approximate surface area is 152 Å². The number of hydrogen-bond acceptors (Lipinski definition) is 3. The number of hydrogen-bond donors (Lipinski definition) is 1. The summed E-state index contributed by atoms with van der Waals surface area (Å²) in [6.07, 6.45) is 2.05. The van der Waals surface area contributed by atoms with Crippen LogP contribution in [-0.2, 0) is 9.59 Å². The van der Waals surface area contributed by atoms with E-state index < -0.39 is 0 Å². The zero-order valence-electron chi connectivity index (χ0n) is 14.5. The van der Waals surface area contributed by atoms with E-state index in [0.717, 1.165) is 17.3 Å². The molecule has 0 spiro atoms. The Morgan fingerprint density at radius 1 is 1.32 bits per heavy atom.